The van der Waals surface area contributed by atoms with Crippen molar-refractivity contribution < 1.29 is 38.1 Å². The Bertz CT molecular complexity index is 1540. The van der Waals surface area contributed by atoms with Crippen molar-refractivity contribution >= 4 is 31.4 Å². The van der Waals surface area contributed by atoms with Crippen molar-refractivity contribution in [2.45, 2.75) is 143 Å². The van der Waals surface area contributed by atoms with E-state index in [9.17, 15) is 28.6 Å². The van der Waals surface area contributed by atoms with Gasteiger partial charge in [-0.3, -0.25) is 19.1 Å². The third kappa shape index (κ3) is 7.71. The third-order valence-corrected chi connectivity index (χ3v) is 14.4. The molecule has 4 amide bonds. The molecule has 1 unspecified atom stereocenters. The lowest BCUT2D eigenvalue weighted by molar-refractivity contribution is -0.142. The molecule has 13 heteroatoms. The number of hydrogen-bond donors (Lipinski definition) is 3. The lowest BCUT2D eigenvalue weighted by Crippen LogP contribution is -2.58. The fourth-order valence-corrected chi connectivity index (χ4v) is 10.2. The molecular weight excluding hydrogens is 659 g/mol. The lowest BCUT2D eigenvalue weighted by Gasteiger charge is -2.36. The Morgan fingerprint density at radius 3 is 2.48 bits per heavy atom. The van der Waals surface area contributed by atoms with Gasteiger partial charge in [0.05, 0.1) is 13.2 Å². The van der Waals surface area contributed by atoms with Crippen LogP contribution in [0, 0.1) is 16.7 Å². The van der Waals surface area contributed by atoms with Crippen LogP contribution in [0.2, 0.25) is 0 Å². The summed E-state index contributed by atoms with van der Waals surface area (Å²) in [5.74, 6) is -1.27. The first-order chi connectivity index (χ1) is 23.3. The summed E-state index contributed by atoms with van der Waals surface area (Å²) in [5.41, 5.74) is 1.77. The molecule has 0 spiro atoms. The number of benzene rings is 1. The molecule has 1 saturated carbocycles. The first-order valence-corrected chi connectivity index (χ1v) is 20.0. The number of rotatable bonds is 5. The molecule has 4 bridgehead atoms. The van der Waals surface area contributed by atoms with Gasteiger partial charge < -0.3 is 29.9 Å². The second-order valence-electron chi connectivity index (χ2n) is 17.0. The minimum absolute atomic E-state index is 0.00906. The van der Waals surface area contributed by atoms with Gasteiger partial charge >= 0.3 is 12.2 Å². The van der Waals surface area contributed by atoms with Gasteiger partial charge in [0.1, 0.15) is 23.5 Å². The Labute approximate surface area is 296 Å². The van der Waals surface area contributed by atoms with Crippen LogP contribution in [0.15, 0.2) is 18.2 Å². The fraction of sp³-hybridized carbons (Fsp3) is 0.730. The van der Waals surface area contributed by atoms with E-state index >= 15 is 0 Å². The summed E-state index contributed by atoms with van der Waals surface area (Å²) in [6, 6.07) is 3.99. The molecule has 5 rings (SSSR count). The molecular formula is C37H57N4O8P. The van der Waals surface area contributed by atoms with Gasteiger partial charge in [-0.05, 0) is 59.1 Å². The molecule has 1 aromatic rings. The lowest BCUT2D eigenvalue weighted by atomic mass is 9.85. The maximum Gasteiger partial charge on any atom is 0.410 e. The van der Waals surface area contributed by atoms with Gasteiger partial charge in [0.25, 0.3) is 0 Å². The van der Waals surface area contributed by atoms with Gasteiger partial charge in [0.2, 0.25) is 19.2 Å². The van der Waals surface area contributed by atoms with Crippen molar-refractivity contribution in [2.24, 2.45) is 16.7 Å². The van der Waals surface area contributed by atoms with Crippen LogP contribution in [-0.4, -0.2) is 81.0 Å². The number of amides is 4. The summed E-state index contributed by atoms with van der Waals surface area (Å²) in [7, 11) is -3.84. The quantitative estimate of drug-likeness (QED) is 0.317. The van der Waals surface area contributed by atoms with E-state index in [0.29, 0.717) is 25.9 Å². The van der Waals surface area contributed by atoms with Crippen LogP contribution in [-0.2, 0) is 43.1 Å². The number of nitrogens with one attached hydrogen (secondary N) is 2. The topological polar surface area (TPSA) is 155 Å². The van der Waals surface area contributed by atoms with Crippen molar-refractivity contribution in [3.63, 3.8) is 0 Å². The number of hydrogen-bond acceptors (Lipinski definition) is 7. The average molecular weight is 717 g/mol. The van der Waals surface area contributed by atoms with Crippen molar-refractivity contribution in [3.05, 3.63) is 34.9 Å². The Morgan fingerprint density at radius 1 is 1.14 bits per heavy atom. The van der Waals surface area contributed by atoms with E-state index in [1.165, 1.54) is 10.5 Å². The van der Waals surface area contributed by atoms with Crippen molar-refractivity contribution in [1.82, 2.24) is 20.4 Å². The Hall–Kier alpha value is -3.11. The smallest absolute Gasteiger partial charge is 0.410 e. The maximum atomic E-state index is 14.5. The van der Waals surface area contributed by atoms with Crippen LogP contribution >= 0.6 is 7.37 Å². The molecule has 50 heavy (non-hydrogen) atoms. The molecule has 278 valence electrons. The minimum Gasteiger partial charge on any atom is -0.449 e. The maximum absolute atomic E-state index is 14.5. The zero-order chi connectivity index (χ0) is 36.8. The zero-order valence-electron chi connectivity index (χ0n) is 31.0. The Kier molecular flexibility index (Phi) is 10.8. The van der Waals surface area contributed by atoms with Gasteiger partial charge in [-0.15, -0.1) is 0 Å². The molecule has 4 aliphatic rings. The summed E-state index contributed by atoms with van der Waals surface area (Å²) in [5, 5.41) is 4.43. The van der Waals surface area contributed by atoms with Crippen LogP contribution < -0.4 is 10.6 Å². The molecule has 1 aliphatic carbocycles. The molecule has 2 fully saturated rings. The van der Waals surface area contributed by atoms with Gasteiger partial charge in [0.15, 0.2) is 0 Å². The van der Waals surface area contributed by atoms with Crippen LogP contribution in [0.5, 0.6) is 0 Å². The highest BCUT2D eigenvalue weighted by atomic mass is 31.2. The normalized spacial score (nSPS) is 30.2. The number of carbonyl (C=O) groups is 4. The second kappa shape index (κ2) is 14.1. The molecule has 12 nitrogen and oxygen atoms in total. The number of fused-ring (bicyclic) bond motifs is 3. The van der Waals surface area contributed by atoms with E-state index in [1.807, 2.05) is 39.8 Å². The predicted octanol–water partition coefficient (Wildman–Crippen LogP) is 5.92. The van der Waals surface area contributed by atoms with Gasteiger partial charge in [0, 0.05) is 25.2 Å². The number of nitrogens with zero attached hydrogens (tertiary/aromatic N) is 2. The van der Waals surface area contributed by atoms with Crippen LogP contribution in [0.1, 0.15) is 111 Å². The number of ether oxygens (including phenoxy) is 2. The monoisotopic (exact) mass is 716 g/mol. The van der Waals surface area contributed by atoms with Crippen molar-refractivity contribution in [1.29, 1.82) is 0 Å². The highest BCUT2D eigenvalue weighted by Gasteiger charge is 2.67. The molecule has 1 aromatic carbocycles. The summed E-state index contributed by atoms with van der Waals surface area (Å²) in [4.78, 5) is 69.7. The van der Waals surface area contributed by atoms with Gasteiger partial charge in [-0.2, -0.15) is 0 Å². The van der Waals surface area contributed by atoms with E-state index in [2.05, 4.69) is 30.5 Å². The highest BCUT2D eigenvalue weighted by molar-refractivity contribution is 7.60. The molecule has 1 saturated heterocycles. The van der Waals surface area contributed by atoms with Crippen LogP contribution in [0.3, 0.4) is 0 Å². The third-order valence-electron chi connectivity index (χ3n) is 11.2. The van der Waals surface area contributed by atoms with Crippen molar-refractivity contribution in [2.75, 3.05) is 13.2 Å². The summed E-state index contributed by atoms with van der Waals surface area (Å²) in [6.07, 6.45) is 2.49. The number of cyclic esters (lactones) is 1. The van der Waals surface area contributed by atoms with Crippen LogP contribution in [0.25, 0.3) is 0 Å². The highest BCUT2D eigenvalue weighted by Crippen LogP contribution is 2.72. The van der Waals surface area contributed by atoms with E-state index in [0.717, 1.165) is 36.8 Å². The number of aryl methyl sites for hydroxylation is 1. The summed E-state index contributed by atoms with van der Waals surface area (Å²) < 4.78 is 25.4. The number of alkyl carbamates (subject to hydrolysis) is 1. The average Bonchev–Trinajstić information content (AvgIpc) is 3.35. The van der Waals surface area contributed by atoms with Crippen molar-refractivity contribution in [3.8, 4) is 0 Å². The predicted molar refractivity (Wildman–Crippen MR) is 189 cm³/mol. The van der Waals surface area contributed by atoms with E-state index in [4.69, 9.17) is 9.47 Å². The minimum atomic E-state index is -3.84. The molecule has 6 atom stereocenters. The summed E-state index contributed by atoms with van der Waals surface area (Å²) >= 11 is 0. The fourth-order valence-electron chi connectivity index (χ4n) is 7.85. The van der Waals surface area contributed by atoms with Gasteiger partial charge in [-0.25, -0.2) is 9.59 Å². The standard InChI is InChI=1S/C37H57N4O8P/c1-9-26-18-37(26,50(46,47)23(2)3)39-31(42)29-17-27-20-41(29)32(43)30(35(4,5)6)38-33(44)48-22-36(7,8)16-11-10-13-24-14-12-15-25-19-40(21-28(24)25)34(45)49-27/h12,14-15,23,26-27,29-30H,9-11,13,16-22H2,1-8H3,(H,38,44)(H,39,42)(H,46,47)/t26-,27+,29-,30+,37-/m0/s1. The van der Waals surface area contributed by atoms with Crippen LogP contribution in [0.4, 0.5) is 9.59 Å². The molecule has 0 radical (unpaired) electrons. The molecule has 0 aromatic heterocycles. The van der Waals surface area contributed by atoms with E-state index in [1.54, 1.807) is 18.7 Å². The molecule has 3 heterocycles. The number of carbonyl (C=O) groups excluding carboxylic acids is 4. The Morgan fingerprint density at radius 2 is 1.84 bits per heavy atom. The first kappa shape index (κ1) is 38.1. The Balaban J connectivity index is 1.46. The largest absolute Gasteiger partial charge is 0.449 e. The molecule has 3 N–H and O–H groups in total. The molecule has 3 aliphatic heterocycles. The first-order valence-electron chi connectivity index (χ1n) is 18.2. The van der Waals surface area contributed by atoms with Gasteiger partial charge in [-0.1, -0.05) is 86.4 Å². The van der Waals surface area contributed by atoms with E-state index < -0.39 is 65.9 Å². The summed E-state index contributed by atoms with van der Waals surface area (Å²) in [6.45, 7) is 15.7. The SMILES string of the molecule is CC[C@H]1C[C@]1(NC(=O)[C@@H]1C[C@@H]2CN1C(=O)[C@H](C(C)(C)C)NC(=O)OCC(C)(C)CCCCc1cccc3c1CN(C3)C(=O)O2)P(=O)(O)C(C)C. The zero-order valence-corrected chi connectivity index (χ0v) is 31.9. The van der Waals surface area contributed by atoms with E-state index in [-0.39, 0.29) is 30.9 Å². The second-order valence-corrected chi connectivity index (χ2v) is 20.1.